The molecule has 21 heavy (non-hydrogen) atoms. The fourth-order valence-electron chi connectivity index (χ4n) is 2.64. The van der Waals surface area contributed by atoms with E-state index in [-0.39, 0.29) is 11.3 Å². The fraction of sp³-hybridized carbons (Fsp3) is 0.938. The van der Waals surface area contributed by atoms with Crippen molar-refractivity contribution in [2.24, 2.45) is 11.1 Å². The van der Waals surface area contributed by atoms with Crippen LogP contribution in [0.2, 0.25) is 0 Å². The molecule has 1 amide bonds. The number of carbonyl (C=O) groups excluding carboxylic acids is 1. The summed E-state index contributed by atoms with van der Waals surface area (Å²) in [5, 5.41) is 0. The molecule has 1 aliphatic rings. The first-order valence-electron chi connectivity index (χ1n) is 8.02. The number of carbonyl (C=O) groups is 1. The van der Waals surface area contributed by atoms with Crippen molar-refractivity contribution >= 4 is 5.91 Å². The molecular formula is C16H34N4O. The predicted octanol–water partition coefficient (Wildman–Crippen LogP) is 0.844. The monoisotopic (exact) mass is 298 g/mol. The molecule has 1 fully saturated rings. The Morgan fingerprint density at radius 2 is 1.76 bits per heavy atom. The SMILES string of the molecule is CN1CCC(N(C)CCN(C)C(=O)C(N)C(C)(C)C)CC1. The zero-order valence-electron chi connectivity index (χ0n) is 14.7. The van der Waals surface area contributed by atoms with Gasteiger partial charge < -0.3 is 20.4 Å². The van der Waals surface area contributed by atoms with Crippen LogP contribution in [0.1, 0.15) is 33.6 Å². The van der Waals surface area contributed by atoms with Crippen molar-refractivity contribution in [2.75, 3.05) is 47.3 Å². The van der Waals surface area contributed by atoms with Gasteiger partial charge in [-0.2, -0.15) is 0 Å². The lowest BCUT2D eigenvalue weighted by Crippen LogP contribution is -2.51. The minimum atomic E-state index is -0.434. The molecule has 0 aliphatic carbocycles. The van der Waals surface area contributed by atoms with Crippen LogP contribution in [0, 0.1) is 5.41 Å². The number of likely N-dealkylation sites (tertiary alicyclic amines) is 1. The standard InChI is InChI=1S/C16H34N4O/c1-16(2,3)14(17)15(21)20(6)12-11-19(5)13-7-9-18(4)10-8-13/h13-14H,7-12,17H2,1-6H3. The van der Waals surface area contributed by atoms with Crippen LogP contribution >= 0.6 is 0 Å². The van der Waals surface area contributed by atoms with Gasteiger partial charge in [0.05, 0.1) is 6.04 Å². The third-order valence-electron chi connectivity index (χ3n) is 4.67. The van der Waals surface area contributed by atoms with Crippen LogP contribution < -0.4 is 5.73 Å². The third kappa shape index (κ3) is 5.57. The number of piperidine rings is 1. The highest BCUT2D eigenvalue weighted by Crippen LogP contribution is 2.19. The van der Waals surface area contributed by atoms with Crippen LogP contribution in [0.25, 0.3) is 0 Å². The molecule has 1 aliphatic heterocycles. The first kappa shape index (κ1) is 18.4. The molecule has 0 aromatic rings. The number of amides is 1. The van der Waals surface area contributed by atoms with Gasteiger partial charge in [0.1, 0.15) is 0 Å². The van der Waals surface area contributed by atoms with Gasteiger partial charge >= 0.3 is 0 Å². The second kappa shape index (κ2) is 7.56. The largest absolute Gasteiger partial charge is 0.343 e. The van der Waals surface area contributed by atoms with E-state index in [1.165, 1.54) is 25.9 Å². The smallest absolute Gasteiger partial charge is 0.239 e. The molecular weight excluding hydrogens is 264 g/mol. The van der Waals surface area contributed by atoms with Crippen LogP contribution in [0.3, 0.4) is 0 Å². The predicted molar refractivity (Wildman–Crippen MR) is 88.2 cm³/mol. The number of hydrogen-bond acceptors (Lipinski definition) is 4. The summed E-state index contributed by atoms with van der Waals surface area (Å²) in [6.45, 7) is 10.0. The molecule has 0 bridgehead atoms. The molecule has 0 saturated carbocycles. The summed E-state index contributed by atoms with van der Waals surface area (Å²) in [4.78, 5) is 18.8. The van der Waals surface area contributed by atoms with Gasteiger partial charge in [0.15, 0.2) is 0 Å². The molecule has 1 atom stereocenters. The number of rotatable bonds is 5. The second-order valence-corrected chi connectivity index (χ2v) is 7.62. The van der Waals surface area contributed by atoms with E-state index < -0.39 is 6.04 Å². The average molecular weight is 298 g/mol. The fourth-order valence-corrected chi connectivity index (χ4v) is 2.64. The Kier molecular flexibility index (Phi) is 6.63. The summed E-state index contributed by atoms with van der Waals surface area (Å²) in [6.07, 6.45) is 2.43. The molecule has 5 heteroatoms. The lowest BCUT2D eigenvalue weighted by molar-refractivity contribution is -0.133. The Labute approximate surface area is 130 Å². The van der Waals surface area contributed by atoms with Crippen LogP contribution in [0.5, 0.6) is 0 Å². The number of nitrogens with two attached hydrogens (primary N) is 1. The van der Waals surface area contributed by atoms with E-state index in [4.69, 9.17) is 5.73 Å². The minimum Gasteiger partial charge on any atom is -0.343 e. The highest BCUT2D eigenvalue weighted by molar-refractivity contribution is 5.82. The third-order valence-corrected chi connectivity index (χ3v) is 4.67. The first-order chi connectivity index (χ1) is 9.62. The van der Waals surface area contributed by atoms with Crippen molar-refractivity contribution in [1.82, 2.24) is 14.7 Å². The van der Waals surface area contributed by atoms with Gasteiger partial charge in [-0.05, 0) is 45.4 Å². The van der Waals surface area contributed by atoms with E-state index in [0.29, 0.717) is 6.04 Å². The van der Waals surface area contributed by atoms with Crippen LogP contribution in [0.4, 0.5) is 0 Å². The van der Waals surface area contributed by atoms with Crippen molar-refractivity contribution < 1.29 is 4.79 Å². The van der Waals surface area contributed by atoms with Crippen molar-refractivity contribution in [2.45, 2.75) is 45.7 Å². The van der Waals surface area contributed by atoms with Gasteiger partial charge in [0, 0.05) is 26.2 Å². The van der Waals surface area contributed by atoms with Crippen molar-refractivity contribution in [3.05, 3.63) is 0 Å². The average Bonchev–Trinajstić information content (AvgIpc) is 2.42. The summed E-state index contributed by atoms with van der Waals surface area (Å²) in [6, 6.07) is 0.206. The summed E-state index contributed by atoms with van der Waals surface area (Å²) in [7, 11) is 6.20. The molecule has 124 valence electrons. The van der Waals surface area contributed by atoms with Gasteiger partial charge in [-0.3, -0.25) is 4.79 Å². The second-order valence-electron chi connectivity index (χ2n) is 7.62. The first-order valence-corrected chi connectivity index (χ1v) is 8.02. The quantitative estimate of drug-likeness (QED) is 0.817. The summed E-state index contributed by atoms with van der Waals surface area (Å²) < 4.78 is 0. The lowest BCUT2D eigenvalue weighted by Gasteiger charge is -2.36. The van der Waals surface area contributed by atoms with E-state index in [9.17, 15) is 4.79 Å². The Morgan fingerprint density at radius 1 is 1.24 bits per heavy atom. The number of hydrogen-bond donors (Lipinski definition) is 1. The number of likely N-dealkylation sites (N-methyl/N-ethyl adjacent to an activating group) is 2. The van der Waals surface area contributed by atoms with Gasteiger partial charge in [-0.15, -0.1) is 0 Å². The highest BCUT2D eigenvalue weighted by atomic mass is 16.2. The maximum Gasteiger partial charge on any atom is 0.239 e. The Balaban J connectivity index is 2.38. The molecule has 0 spiro atoms. The summed E-state index contributed by atoms with van der Waals surface area (Å²) >= 11 is 0. The summed E-state index contributed by atoms with van der Waals surface area (Å²) in [5.41, 5.74) is 5.86. The van der Waals surface area contributed by atoms with Crippen molar-refractivity contribution in [3.63, 3.8) is 0 Å². The van der Waals surface area contributed by atoms with E-state index in [1.807, 2.05) is 27.8 Å². The normalized spacial score (nSPS) is 19.8. The van der Waals surface area contributed by atoms with E-state index in [1.54, 1.807) is 4.90 Å². The van der Waals surface area contributed by atoms with Gasteiger partial charge in [0.25, 0.3) is 0 Å². The highest BCUT2D eigenvalue weighted by Gasteiger charge is 2.30. The molecule has 1 rings (SSSR count). The minimum absolute atomic E-state index is 0.0410. The zero-order chi connectivity index (χ0) is 16.2. The topological polar surface area (TPSA) is 52.8 Å². The Hall–Kier alpha value is -0.650. The van der Waals surface area contributed by atoms with Crippen LogP contribution in [-0.2, 0) is 4.79 Å². The summed E-state index contributed by atoms with van der Waals surface area (Å²) in [5.74, 6) is 0.0410. The van der Waals surface area contributed by atoms with Crippen molar-refractivity contribution in [1.29, 1.82) is 0 Å². The van der Waals surface area contributed by atoms with Gasteiger partial charge in [-0.25, -0.2) is 0 Å². The molecule has 1 heterocycles. The Morgan fingerprint density at radius 3 is 2.24 bits per heavy atom. The maximum absolute atomic E-state index is 12.3. The molecule has 0 radical (unpaired) electrons. The molecule has 0 aromatic heterocycles. The lowest BCUT2D eigenvalue weighted by atomic mass is 9.86. The van der Waals surface area contributed by atoms with E-state index in [0.717, 1.165) is 13.1 Å². The molecule has 0 aromatic carbocycles. The maximum atomic E-state index is 12.3. The Bertz CT molecular complexity index is 332. The van der Waals surface area contributed by atoms with E-state index in [2.05, 4.69) is 23.9 Å². The van der Waals surface area contributed by atoms with Crippen LogP contribution in [0.15, 0.2) is 0 Å². The molecule has 1 unspecified atom stereocenters. The number of nitrogens with zero attached hydrogens (tertiary/aromatic N) is 3. The van der Waals surface area contributed by atoms with Crippen LogP contribution in [-0.4, -0.2) is 80.0 Å². The van der Waals surface area contributed by atoms with Gasteiger partial charge in [0.2, 0.25) is 5.91 Å². The zero-order valence-corrected chi connectivity index (χ0v) is 14.7. The van der Waals surface area contributed by atoms with Crippen molar-refractivity contribution in [3.8, 4) is 0 Å². The van der Waals surface area contributed by atoms with E-state index >= 15 is 0 Å². The molecule has 2 N–H and O–H groups in total. The van der Waals surface area contributed by atoms with Gasteiger partial charge in [-0.1, -0.05) is 20.8 Å². The molecule has 1 saturated heterocycles. The molecule has 5 nitrogen and oxygen atoms in total.